The number of methoxy groups -OCH3 is 1. The average molecular weight is 488 g/mol. The number of para-hydroxylation sites is 2. The molecule has 3 aromatic rings. The number of aromatic nitrogens is 1. The molecule has 0 aliphatic carbocycles. The van der Waals surface area contributed by atoms with Gasteiger partial charge >= 0.3 is 5.97 Å². The Morgan fingerprint density at radius 1 is 1.21 bits per heavy atom. The van der Waals surface area contributed by atoms with Crippen molar-refractivity contribution in [3.63, 3.8) is 0 Å². The van der Waals surface area contributed by atoms with Gasteiger partial charge in [-0.3, -0.25) is 19.7 Å². The van der Waals surface area contributed by atoms with Crippen LogP contribution in [0.5, 0.6) is 5.75 Å². The van der Waals surface area contributed by atoms with Gasteiger partial charge in [-0.15, -0.1) is 23.1 Å². The van der Waals surface area contributed by atoms with E-state index in [0.717, 1.165) is 4.90 Å². The van der Waals surface area contributed by atoms with Crippen LogP contribution in [-0.2, 0) is 27.4 Å². The zero-order chi connectivity index (χ0) is 23.8. The Kier molecular flexibility index (Phi) is 8.39. The molecule has 0 fully saturated rings. The monoisotopic (exact) mass is 487 g/mol. The van der Waals surface area contributed by atoms with Crippen molar-refractivity contribution in [3.05, 3.63) is 74.7 Å². The van der Waals surface area contributed by atoms with E-state index in [1.54, 1.807) is 42.6 Å². The summed E-state index contributed by atoms with van der Waals surface area (Å²) in [5.74, 6) is -0.0920. The fourth-order valence-corrected chi connectivity index (χ4v) is 4.38. The summed E-state index contributed by atoms with van der Waals surface area (Å²) in [5.41, 5.74) is 1.13. The Morgan fingerprint density at radius 2 is 1.94 bits per heavy atom. The number of nitrogens with one attached hydrogen (secondary N) is 1. The molecular formula is C22H21N3O6S2. The molecule has 0 bridgehead atoms. The molecule has 1 amide bonds. The minimum atomic E-state index is -0.504. The van der Waals surface area contributed by atoms with Crippen LogP contribution in [0.15, 0.2) is 58.8 Å². The molecule has 172 valence electrons. The van der Waals surface area contributed by atoms with Gasteiger partial charge in [0, 0.05) is 22.4 Å². The molecule has 33 heavy (non-hydrogen) atoms. The molecular weight excluding hydrogens is 466 g/mol. The standard InChI is InChI=1S/C22H21N3O6S2/c1-14(33-17-9-7-16(8-10-17)25(28)29)22(27)31-12-15-13-32-21(23-15)11-20(26)24-18-5-3-4-6-19(18)30-2/h3-10,13-14H,11-12H2,1-2H3,(H,24,26). The molecule has 1 atom stereocenters. The highest BCUT2D eigenvalue weighted by molar-refractivity contribution is 8.00. The number of hydrogen-bond acceptors (Lipinski definition) is 9. The Labute approximate surface area is 198 Å². The average Bonchev–Trinajstić information content (AvgIpc) is 3.25. The smallest absolute Gasteiger partial charge is 0.319 e. The molecule has 0 spiro atoms. The number of thiazole rings is 1. The fourth-order valence-electron chi connectivity index (χ4n) is 2.74. The van der Waals surface area contributed by atoms with Gasteiger partial charge in [0.2, 0.25) is 5.91 Å². The van der Waals surface area contributed by atoms with Crippen LogP contribution in [0.2, 0.25) is 0 Å². The second kappa shape index (κ2) is 11.4. The van der Waals surface area contributed by atoms with E-state index in [1.807, 2.05) is 6.07 Å². The van der Waals surface area contributed by atoms with Crippen molar-refractivity contribution in [2.75, 3.05) is 12.4 Å². The zero-order valence-corrected chi connectivity index (χ0v) is 19.5. The van der Waals surface area contributed by atoms with Gasteiger partial charge in [-0.1, -0.05) is 12.1 Å². The van der Waals surface area contributed by atoms with E-state index in [9.17, 15) is 19.7 Å². The molecule has 9 nitrogen and oxygen atoms in total. The minimum Gasteiger partial charge on any atom is -0.495 e. The second-order valence-corrected chi connectivity index (χ2v) is 9.13. The van der Waals surface area contributed by atoms with Crippen LogP contribution in [0.1, 0.15) is 17.6 Å². The predicted octanol–water partition coefficient (Wildman–Crippen LogP) is 4.47. The zero-order valence-electron chi connectivity index (χ0n) is 17.8. The number of thioether (sulfide) groups is 1. The lowest BCUT2D eigenvalue weighted by Gasteiger charge is -2.10. The number of nitro benzene ring substituents is 1. The Hall–Kier alpha value is -3.44. The summed E-state index contributed by atoms with van der Waals surface area (Å²) in [7, 11) is 1.53. The predicted molar refractivity (Wildman–Crippen MR) is 126 cm³/mol. The first-order chi connectivity index (χ1) is 15.9. The van der Waals surface area contributed by atoms with Crippen LogP contribution >= 0.6 is 23.1 Å². The van der Waals surface area contributed by atoms with Crippen LogP contribution in [0.25, 0.3) is 0 Å². The summed E-state index contributed by atoms with van der Waals surface area (Å²) >= 11 is 2.56. The topological polar surface area (TPSA) is 121 Å². The van der Waals surface area contributed by atoms with Gasteiger partial charge in [-0.25, -0.2) is 4.98 Å². The van der Waals surface area contributed by atoms with E-state index in [1.165, 1.54) is 42.3 Å². The van der Waals surface area contributed by atoms with Gasteiger partial charge in [0.15, 0.2) is 0 Å². The number of ether oxygens (including phenoxy) is 2. The Bertz CT molecular complexity index is 1130. The maximum absolute atomic E-state index is 12.3. The summed E-state index contributed by atoms with van der Waals surface area (Å²) in [6.45, 7) is 1.69. The normalized spacial score (nSPS) is 11.5. The van der Waals surface area contributed by atoms with Crippen molar-refractivity contribution in [1.82, 2.24) is 4.98 Å². The fraction of sp³-hybridized carbons (Fsp3) is 0.227. The molecule has 1 aromatic heterocycles. The van der Waals surface area contributed by atoms with Crippen molar-refractivity contribution < 1.29 is 24.0 Å². The van der Waals surface area contributed by atoms with Gasteiger partial charge in [0.1, 0.15) is 22.6 Å². The van der Waals surface area contributed by atoms with E-state index in [0.29, 0.717) is 22.1 Å². The number of non-ortho nitro benzene ring substituents is 1. The van der Waals surface area contributed by atoms with E-state index < -0.39 is 16.1 Å². The number of esters is 1. The van der Waals surface area contributed by atoms with Gasteiger partial charge in [0.25, 0.3) is 5.69 Å². The summed E-state index contributed by atoms with van der Waals surface area (Å²) < 4.78 is 10.5. The van der Waals surface area contributed by atoms with Gasteiger partial charge in [0.05, 0.1) is 29.8 Å². The number of hydrogen-bond donors (Lipinski definition) is 1. The number of anilines is 1. The number of carbonyl (C=O) groups excluding carboxylic acids is 2. The highest BCUT2D eigenvalue weighted by Gasteiger charge is 2.18. The summed E-state index contributed by atoms with van der Waals surface area (Å²) in [6, 6.07) is 13.1. The van der Waals surface area contributed by atoms with Crippen LogP contribution in [-0.4, -0.2) is 34.1 Å². The quantitative estimate of drug-likeness (QED) is 0.193. The second-order valence-electron chi connectivity index (χ2n) is 6.78. The highest BCUT2D eigenvalue weighted by Crippen LogP contribution is 2.26. The van der Waals surface area contributed by atoms with Crippen LogP contribution in [0.4, 0.5) is 11.4 Å². The molecule has 0 saturated heterocycles. The maximum atomic E-state index is 12.3. The molecule has 1 heterocycles. The van der Waals surface area contributed by atoms with Crippen molar-refractivity contribution in [3.8, 4) is 5.75 Å². The first-order valence-electron chi connectivity index (χ1n) is 9.79. The number of nitrogens with zero attached hydrogens (tertiary/aromatic N) is 2. The first-order valence-corrected chi connectivity index (χ1v) is 11.6. The molecule has 0 aliphatic rings. The van der Waals surface area contributed by atoms with Crippen molar-refractivity contribution in [2.24, 2.45) is 0 Å². The van der Waals surface area contributed by atoms with E-state index in [2.05, 4.69) is 10.3 Å². The van der Waals surface area contributed by atoms with E-state index in [4.69, 9.17) is 9.47 Å². The van der Waals surface area contributed by atoms with Crippen LogP contribution in [0, 0.1) is 10.1 Å². The van der Waals surface area contributed by atoms with Crippen LogP contribution < -0.4 is 10.1 Å². The molecule has 11 heteroatoms. The number of amides is 1. The van der Waals surface area contributed by atoms with E-state index in [-0.39, 0.29) is 24.6 Å². The third-order valence-corrected chi connectivity index (χ3v) is 6.33. The lowest BCUT2D eigenvalue weighted by Crippen LogP contribution is -2.17. The van der Waals surface area contributed by atoms with Gasteiger partial charge in [-0.2, -0.15) is 0 Å². The van der Waals surface area contributed by atoms with Crippen molar-refractivity contribution >= 4 is 46.3 Å². The van der Waals surface area contributed by atoms with Crippen molar-refractivity contribution in [2.45, 2.75) is 30.1 Å². The molecule has 2 aromatic carbocycles. The molecule has 1 N–H and O–H groups in total. The molecule has 0 aliphatic heterocycles. The summed E-state index contributed by atoms with van der Waals surface area (Å²) in [4.78, 5) is 39.9. The Balaban J connectivity index is 1.47. The third kappa shape index (κ3) is 7.02. The first kappa shape index (κ1) is 24.2. The molecule has 0 saturated carbocycles. The lowest BCUT2D eigenvalue weighted by molar-refractivity contribution is -0.384. The minimum absolute atomic E-state index is 0.00534. The summed E-state index contributed by atoms with van der Waals surface area (Å²) in [5, 5.41) is 15.4. The van der Waals surface area contributed by atoms with Crippen LogP contribution in [0.3, 0.4) is 0 Å². The third-order valence-electron chi connectivity index (χ3n) is 4.35. The summed E-state index contributed by atoms with van der Waals surface area (Å²) in [6.07, 6.45) is 0.0864. The SMILES string of the molecule is COc1ccccc1NC(=O)Cc1nc(COC(=O)C(C)Sc2ccc([N+](=O)[O-])cc2)cs1. The van der Waals surface area contributed by atoms with E-state index >= 15 is 0 Å². The largest absolute Gasteiger partial charge is 0.495 e. The number of carbonyl (C=O) groups is 2. The number of nitro groups is 1. The number of benzene rings is 2. The molecule has 1 unspecified atom stereocenters. The highest BCUT2D eigenvalue weighted by atomic mass is 32.2. The van der Waals surface area contributed by atoms with Gasteiger partial charge < -0.3 is 14.8 Å². The molecule has 3 rings (SSSR count). The Morgan fingerprint density at radius 3 is 2.64 bits per heavy atom. The lowest BCUT2D eigenvalue weighted by atomic mass is 10.3. The maximum Gasteiger partial charge on any atom is 0.319 e. The van der Waals surface area contributed by atoms with Crippen molar-refractivity contribution in [1.29, 1.82) is 0 Å². The number of rotatable bonds is 10. The molecule has 0 radical (unpaired) electrons. The van der Waals surface area contributed by atoms with Gasteiger partial charge in [-0.05, 0) is 31.2 Å².